The van der Waals surface area contributed by atoms with Gasteiger partial charge < -0.3 is 5.11 Å². The van der Waals surface area contributed by atoms with E-state index in [0.717, 1.165) is 4.90 Å². The van der Waals surface area contributed by atoms with Gasteiger partial charge in [-0.15, -0.1) is 0 Å². The quantitative estimate of drug-likeness (QED) is 0.545. The number of aliphatic hydroxyl groups excluding tert-OH is 1. The standard InChI is InChI=1S/C8H9FOS/c1-6(10)11-8-4-2-7(9)3-5-8/h2-6,10H,1H3/t6-/m1/s1. The first kappa shape index (κ1) is 8.56. The molecule has 0 amide bonds. The van der Waals surface area contributed by atoms with E-state index in [9.17, 15) is 4.39 Å². The largest absolute Gasteiger partial charge is 0.382 e. The van der Waals surface area contributed by atoms with Crippen molar-refractivity contribution >= 4 is 11.8 Å². The van der Waals surface area contributed by atoms with Crippen LogP contribution in [0.2, 0.25) is 0 Å². The van der Waals surface area contributed by atoms with E-state index in [1.165, 1.54) is 23.9 Å². The molecular formula is C8H9FOS. The van der Waals surface area contributed by atoms with E-state index in [1.807, 2.05) is 0 Å². The first-order valence-corrected chi connectivity index (χ1v) is 4.17. The van der Waals surface area contributed by atoms with Crippen molar-refractivity contribution in [2.45, 2.75) is 17.3 Å². The van der Waals surface area contributed by atoms with Crippen LogP contribution in [0, 0.1) is 5.82 Å². The highest BCUT2D eigenvalue weighted by molar-refractivity contribution is 7.99. The molecule has 11 heavy (non-hydrogen) atoms. The number of hydrogen-bond acceptors (Lipinski definition) is 2. The van der Waals surface area contributed by atoms with Crippen LogP contribution in [0.3, 0.4) is 0 Å². The molecule has 1 aromatic carbocycles. The second-order valence-corrected chi connectivity index (χ2v) is 3.56. The fourth-order valence-electron chi connectivity index (χ4n) is 0.710. The van der Waals surface area contributed by atoms with Gasteiger partial charge in [0.25, 0.3) is 0 Å². The molecule has 1 N–H and O–H groups in total. The summed E-state index contributed by atoms with van der Waals surface area (Å²) in [7, 11) is 0. The van der Waals surface area contributed by atoms with Gasteiger partial charge in [-0.25, -0.2) is 4.39 Å². The third-order valence-corrected chi connectivity index (χ3v) is 2.01. The molecule has 0 aliphatic heterocycles. The molecule has 0 heterocycles. The number of aliphatic hydroxyl groups is 1. The summed E-state index contributed by atoms with van der Waals surface area (Å²) < 4.78 is 12.4. The second-order valence-electron chi connectivity index (χ2n) is 2.17. The molecule has 0 aliphatic rings. The average molecular weight is 172 g/mol. The molecule has 0 saturated heterocycles. The maximum absolute atomic E-state index is 12.4. The van der Waals surface area contributed by atoms with Crippen molar-refractivity contribution in [2.24, 2.45) is 0 Å². The monoisotopic (exact) mass is 172 g/mol. The predicted octanol–water partition coefficient (Wildman–Crippen LogP) is 2.26. The van der Waals surface area contributed by atoms with Gasteiger partial charge in [-0.05, 0) is 31.2 Å². The van der Waals surface area contributed by atoms with Crippen molar-refractivity contribution in [1.82, 2.24) is 0 Å². The predicted molar refractivity (Wildman–Crippen MR) is 43.9 cm³/mol. The zero-order valence-electron chi connectivity index (χ0n) is 6.12. The van der Waals surface area contributed by atoms with Gasteiger partial charge >= 0.3 is 0 Å². The highest BCUT2D eigenvalue weighted by Gasteiger charge is 1.98. The number of thioether (sulfide) groups is 1. The molecule has 0 unspecified atom stereocenters. The lowest BCUT2D eigenvalue weighted by Crippen LogP contribution is -1.90. The summed E-state index contributed by atoms with van der Waals surface area (Å²) in [4.78, 5) is 0.876. The Labute approximate surface area is 69.2 Å². The lowest BCUT2D eigenvalue weighted by Gasteiger charge is -2.02. The molecule has 0 saturated carbocycles. The lowest BCUT2D eigenvalue weighted by atomic mass is 10.4. The summed E-state index contributed by atoms with van der Waals surface area (Å²) in [6.45, 7) is 1.67. The van der Waals surface area contributed by atoms with Crippen LogP contribution in [0.15, 0.2) is 29.2 Å². The molecule has 0 fully saturated rings. The van der Waals surface area contributed by atoms with E-state index in [4.69, 9.17) is 5.11 Å². The van der Waals surface area contributed by atoms with Crippen molar-refractivity contribution < 1.29 is 9.50 Å². The van der Waals surface area contributed by atoms with Crippen molar-refractivity contribution in [3.63, 3.8) is 0 Å². The van der Waals surface area contributed by atoms with Gasteiger partial charge in [0.2, 0.25) is 0 Å². The molecule has 3 heteroatoms. The maximum atomic E-state index is 12.4. The van der Waals surface area contributed by atoms with Gasteiger partial charge in [0.05, 0.1) is 0 Å². The maximum Gasteiger partial charge on any atom is 0.123 e. The minimum Gasteiger partial charge on any atom is -0.382 e. The van der Waals surface area contributed by atoms with Crippen LogP contribution in [-0.4, -0.2) is 10.5 Å². The summed E-state index contributed by atoms with van der Waals surface area (Å²) in [5, 5.41) is 8.94. The first-order chi connectivity index (χ1) is 5.18. The Bertz CT molecular complexity index is 220. The van der Waals surface area contributed by atoms with Crippen LogP contribution in [-0.2, 0) is 0 Å². The summed E-state index contributed by atoms with van der Waals surface area (Å²) in [6.07, 6.45) is 0. The Morgan fingerprint density at radius 3 is 2.36 bits per heavy atom. The minimum atomic E-state index is -0.444. The smallest absolute Gasteiger partial charge is 0.123 e. The normalized spacial score (nSPS) is 13.0. The van der Waals surface area contributed by atoms with Gasteiger partial charge in [-0.2, -0.15) is 0 Å². The van der Waals surface area contributed by atoms with Gasteiger partial charge in [-0.3, -0.25) is 0 Å². The molecule has 1 atom stereocenters. The molecule has 0 radical (unpaired) electrons. The van der Waals surface area contributed by atoms with Crippen LogP contribution in [0.1, 0.15) is 6.92 Å². The van der Waals surface area contributed by atoms with Crippen LogP contribution in [0.25, 0.3) is 0 Å². The molecule has 60 valence electrons. The topological polar surface area (TPSA) is 20.2 Å². The molecule has 1 aromatic rings. The summed E-state index contributed by atoms with van der Waals surface area (Å²) in [6, 6.07) is 6.05. The molecule has 0 spiro atoms. The van der Waals surface area contributed by atoms with Crippen molar-refractivity contribution in [1.29, 1.82) is 0 Å². The number of benzene rings is 1. The number of halogens is 1. The van der Waals surface area contributed by atoms with Crippen LogP contribution >= 0.6 is 11.8 Å². The molecule has 0 bridgehead atoms. The number of rotatable bonds is 2. The van der Waals surface area contributed by atoms with E-state index >= 15 is 0 Å². The Morgan fingerprint density at radius 1 is 1.36 bits per heavy atom. The average Bonchev–Trinajstić information content (AvgIpc) is 1.93. The van der Waals surface area contributed by atoms with Gasteiger partial charge in [0.15, 0.2) is 0 Å². The van der Waals surface area contributed by atoms with Gasteiger partial charge in [0, 0.05) is 4.90 Å². The van der Waals surface area contributed by atoms with Crippen LogP contribution < -0.4 is 0 Å². The van der Waals surface area contributed by atoms with Gasteiger partial charge in [-0.1, -0.05) is 11.8 Å². The zero-order valence-corrected chi connectivity index (χ0v) is 6.94. The second kappa shape index (κ2) is 3.74. The third kappa shape index (κ3) is 2.91. The summed E-state index contributed by atoms with van der Waals surface area (Å²) in [5.74, 6) is -0.250. The summed E-state index contributed by atoms with van der Waals surface area (Å²) in [5.41, 5.74) is -0.444. The third-order valence-electron chi connectivity index (χ3n) is 1.12. The molecule has 0 aromatic heterocycles. The van der Waals surface area contributed by atoms with E-state index in [1.54, 1.807) is 19.1 Å². The van der Waals surface area contributed by atoms with Crippen LogP contribution in [0.4, 0.5) is 4.39 Å². The van der Waals surface area contributed by atoms with Crippen LogP contribution in [0.5, 0.6) is 0 Å². The van der Waals surface area contributed by atoms with Crippen molar-refractivity contribution in [3.8, 4) is 0 Å². The van der Waals surface area contributed by atoms with E-state index < -0.39 is 5.44 Å². The van der Waals surface area contributed by atoms with E-state index in [-0.39, 0.29) is 5.82 Å². The van der Waals surface area contributed by atoms with E-state index in [2.05, 4.69) is 0 Å². The first-order valence-electron chi connectivity index (χ1n) is 3.29. The Hall–Kier alpha value is -0.540. The zero-order chi connectivity index (χ0) is 8.27. The SMILES string of the molecule is C[C@H](O)Sc1ccc(F)cc1. The molecule has 1 rings (SSSR count). The molecular weight excluding hydrogens is 163 g/mol. The Balaban J connectivity index is 2.66. The highest BCUT2D eigenvalue weighted by atomic mass is 32.2. The Morgan fingerprint density at radius 2 is 1.91 bits per heavy atom. The molecule has 0 aliphatic carbocycles. The van der Waals surface area contributed by atoms with Gasteiger partial charge in [0.1, 0.15) is 11.3 Å². The minimum absolute atomic E-state index is 0.250. The van der Waals surface area contributed by atoms with Crippen molar-refractivity contribution in [3.05, 3.63) is 30.1 Å². The fraction of sp³-hybridized carbons (Fsp3) is 0.250. The highest BCUT2D eigenvalue weighted by Crippen LogP contribution is 2.21. The lowest BCUT2D eigenvalue weighted by molar-refractivity contribution is 0.284. The van der Waals surface area contributed by atoms with E-state index in [0.29, 0.717) is 0 Å². The van der Waals surface area contributed by atoms with Crippen molar-refractivity contribution in [2.75, 3.05) is 0 Å². The summed E-state index contributed by atoms with van der Waals surface area (Å²) >= 11 is 1.30. The molecule has 1 nitrogen and oxygen atoms in total. The number of hydrogen-bond donors (Lipinski definition) is 1. The fourth-order valence-corrected chi connectivity index (χ4v) is 1.40. The Kier molecular flexibility index (Phi) is 2.91.